The van der Waals surface area contributed by atoms with Crippen LogP contribution in [0.3, 0.4) is 0 Å². The van der Waals surface area contributed by atoms with E-state index in [9.17, 15) is 9.59 Å². The van der Waals surface area contributed by atoms with Crippen LogP contribution in [0.25, 0.3) is 22.3 Å². The fourth-order valence-corrected chi connectivity index (χ4v) is 5.02. The summed E-state index contributed by atoms with van der Waals surface area (Å²) in [6, 6.07) is 3.01. The van der Waals surface area contributed by atoms with E-state index < -0.39 is 6.04 Å². The summed E-state index contributed by atoms with van der Waals surface area (Å²) in [7, 11) is 1.89. The van der Waals surface area contributed by atoms with Gasteiger partial charge in [0.15, 0.2) is 0 Å². The number of anilines is 1. The number of nitrogens with zero attached hydrogens (tertiary/aromatic N) is 3. The van der Waals surface area contributed by atoms with Gasteiger partial charge in [-0.3, -0.25) is 9.59 Å². The van der Waals surface area contributed by atoms with Crippen molar-refractivity contribution in [3.8, 4) is 11.4 Å². The first-order valence-corrected chi connectivity index (χ1v) is 11.1. The second kappa shape index (κ2) is 8.40. The van der Waals surface area contributed by atoms with E-state index in [4.69, 9.17) is 11.8 Å². The summed E-state index contributed by atoms with van der Waals surface area (Å²) < 4.78 is 1.85. The number of aryl methyl sites for hydroxylation is 1. The van der Waals surface area contributed by atoms with Crippen molar-refractivity contribution in [2.45, 2.75) is 38.1 Å². The van der Waals surface area contributed by atoms with Crippen molar-refractivity contribution >= 4 is 46.4 Å². The lowest BCUT2D eigenvalue weighted by Crippen LogP contribution is -2.42. The molecule has 10 heteroatoms. The zero-order valence-electron chi connectivity index (χ0n) is 17.6. The molecule has 1 saturated carbocycles. The number of hydrazone groups is 1. The lowest BCUT2D eigenvalue weighted by atomic mass is 9.84. The molecule has 1 atom stereocenters. The lowest BCUT2D eigenvalue weighted by Gasteiger charge is -2.28. The van der Waals surface area contributed by atoms with E-state index in [1.807, 2.05) is 23.9 Å². The number of carbonyl (C=O) groups is 2. The van der Waals surface area contributed by atoms with Crippen molar-refractivity contribution in [3.63, 3.8) is 0 Å². The van der Waals surface area contributed by atoms with Crippen LogP contribution in [0.1, 0.15) is 48.0 Å². The number of rotatable bonds is 5. The topological polar surface area (TPSA) is 116 Å². The van der Waals surface area contributed by atoms with Crippen LogP contribution in [0.15, 0.2) is 29.8 Å². The van der Waals surface area contributed by atoms with Crippen LogP contribution in [0, 0.1) is 5.92 Å². The highest BCUT2D eigenvalue weighted by Crippen LogP contribution is 2.34. The fraction of sp³-hybridized carbons (Fsp3) is 0.364. The molecule has 3 aromatic rings. The van der Waals surface area contributed by atoms with Gasteiger partial charge >= 0.3 is 0 Å². The molecule has 0 saturated heterocycles. The van der Waals surface area contributed by atoms with E-state index in [0.717, 1.165) is 48.0 Å². The van der Waals surface area contributed by atoms with Gasteiger partial charge < -0.3 is 14.9 Å². The van der Waals surface area contributed by atoms with E-state index >= 15 is 0 Å². The minimum absolute atomic E-state index is 0.191. The van der Waals surface area contributed by atoms with Crippen molar-refractivity contribution < 1.29 is 9.59 Å². The zero-order valence-corrected chi connectivity index (χ0v) is 18.4. The molecule has 2 amide bonds. The maximum Gasteiger partial charge on any atom is 0.272 e. The summed E-state index contributed by atoms with van der Waals surface area (Å²) >= 11 is 5.96. The molecule has 2 aliphatic rings. The first-order chi connectivity index (χ1) is 15.5. The first kappa shape index (κ1) is 20.7. The highest BCUT2D eigenvalue weighted by Gasteiger charge is 2.30. The van der Waals surface area contributed by atoms with Gasteiger partial charge in [-0.05, 0) is 42.7 Å². The van der Waals surface area contributed by atoms with Crippen LogP contribution < -0.4 is 15.6 Å². The molecule has 1 aliphatic heterocycles. The molecule has 9 nitrogen and oxygen atoms in total. The van der Waals surface area contributed by atoms with Crippen molar-refractivity contribution in [3.05, 3.63) is 35.8 Å². The Hall–Kier alpha value is -3.17. The Morgan fingerprint density at radius 2 is 2.09 bits per heavy atom. The van der Waals surface area contributed by atoms with Gasteiger partial charge in [-0.25, -0.2) is 15.2 Å². The Morgan fingerprint density at radius 1 is 1.28 bits per heavy atom. The number of benzene rings is 1. The van der Waals surface area contributed by atoms with Gasteiger partial charge in [0, 0.05) is 35.4 Å². The highest BCUT2D eigenvalue weighted by atomic mass is 35.5. The minimum atomic E-state index is -0.493. The molecule has 3 heterocycles. The maximum atomic E-state index is 13.0. The standard InChI is InChI=1S/C22H24ClN7O2/c1-30-10-17(24-11-30)20-15-9-25-29-21(31)14-7-13(8-16(27-20)18(14)15)26-22(32)19(28-23)12-5-3-2-4-6-12/h7-12,19,27-28H,2-6H2,1H3,(H,26,32)(H,29,31)/t19-/m1/s1. The number of imidazole rings is 1. The van der Waals surface area contributed by atoms with Gasteiger partial charge in [-0.2, -0.15) is 5.10 Å². The van der Waals surface area contributed by atoms with Crippen LogP contribution in [0.2, 0.25) is 0 Å². The predicted octanol–water partition coefficient (Wildman–Crippen LogP) is 3.28. The van der Waals surface area contributed by atoms with Gasteiger partial charge in [0.05, 0.1) is 23.8 Å². The van der Waals surface area contributed by atoms with Gasteiger partial charge in [-0.1, -0.05) is 19.3 Å². The second-order valence-corrected chi connectivity index (χ2v) is 8.68. The van der Waals surface area contributed by atoms with E-state index in [1.165, 1.54) is 6.42 Å². The number of halogens is 1. The third kappa shape index (κ3) is 3.67. The Bertz CT molecular complexity index is 1220. The van der Waals surface area contributed by atoms with Gasteiger partial charge in [-0.15, -0.1) is 0 Å². The number of nitrogens with one attached hydrogen (secondary N) is 4. The molecule has 1 aliphatic carbocycles. The number of aromatic amines is 1. The Labute approximate surface area is 189 Å². The Morgan fingerprint density at radius 3 is 2.81 bits per heavy atom. The molecule has 2 aromatic heterocycles. The molecule has 4 N–H and O–H groups in total. The predicted molar refractivity (Wildman–Crippen MR) is 124 cm³/mol. The first-order valence-electron chi connectivity index (χ1n) is 10.7. The van der Waals surface area contributed by atoms with Gasteiger partial charge in [0.1, 0.15) is 11.7 Å². The van der Waals surface area contributed by atoms with Crippen LogP contribution in [0.4, 0.5) is 5.69 Å². The molecule has 0 radical (unpaired) electrons. The largest absolute Gasteiger partial charge is 0.353 e. The van der Waals surface area contributed by atoms with Crippen molar-refractivity contribution in [2.75, 3.05) is 5.32 Å². The Balaban J connectivity index is 1.53. The third-order valence-electron chi connectivity index (χ3n) is 6.29. The van der Waals surface area contributed by atoms with Crippen molar-refractivity contribution in [1.82, 2.24) is 24.8 Å². The number of aromatic nitrogens is 3. The maximum absolute atomic E-state index is 13.0. The summed E-state index contributed by atoms with van der Waals surface area (Å²) in [6.45, 7) is 0. The zero-order chi connectivity index (χ0) is 22.2. The quantitative estimate of drug-likeness (QED) is 0.443. The van der Waals surface area contributed by atoms with Crippen molar-refractivity contribution in [2.24, 2.45) is 18.1 Å². The van der Waals surface area contributed by atoms with E-state index in [2.05, 4.69) is 30.6 Å². The van der Waals surface area contributed by atoms with E-state index in [-0.39, 0.29) is 17.7 Å². The molecule has 5 rings (SSSR count). The number of H-pyrrole nitrogens is 1. The fourth-order valence-electron chi connectivity index (χ4n) is 4.74. The second-order valence-electron chi connectivity index (χ2n) is 8.46. The van der Waals surface area contributed by atoms with E-state index in [0.29, 0.717) is 16.8 Å². The summed E-state index contributed by atoms with van der Waals surface area (Å²) in [4.78, 5) is 36.2. The van der Waals surface area contributed by atoms with Gasteiger partial charge in [0.2, 0.25) is 5.91 Å². The highest BCUT2D eigenvalue weighted by molar-refractivity contribution is 6.18. The molecule has 32 heavy (non-hydrogen) atoms. The van der Waals surface area contributed by atoms with Crippen LogP contribution in [0.5, 0.6) is 0 Å². The summed E-state index contributed by atoms with van der Waals surface area (Å²) in [5.41, 5.74) is 6.45. The summed E-state index contributed by atoms with van der Waals surface area (Å²) in [5.74, 6) is -0.358. The molecule has 0 bridgehead atoms. The molecular weight excluding hydrogens is 430 g/mol. The average molecular weight is 454 g/mol. The molecule has 0 unspecified atom stereocenters. The smallest absolute Gasteiger partial charge is 0.272 e. The molecular formula is C22H24ClN7O2. The lowest BCUT2D eigenvalue weighted by molar-refractivity contribution is -0.119. The molecule has 166 valence electrons. The van der Waals surface area contributed by atoms with Crippen LogP contribution >= 0.6 is 11.8 Å². The number of amides is 2. The summed E-state index contributed by atoms with van der Waals surface area (Å²) in [6.07, 6.45) is 10.5. The monoisotopic (exact) mass is 453 g/mol. The normalized spacial score (nSPS) is 17.2. The average Bonchev–Trinajstić information content (AvgIpc) is 3.33. The summed E-state index contributed by atoms with van der Waals surface area (Å²) in [5, 5.41) is 7.74. The van der Waals surface area contributed by atoms with Gasteiger partial charge in [0.25, 0.3) is 5.91 Å². The van der Waals surface area contributed by atoms with E-state index in [1.54, 1.807) is 18.6 Å². The molecule has 0 spiro atoms. The molecule has 1 aromatic carbocycles. The number of carbonyl (C=O) groups excluding carboxylic acids is 2. The van der Waals surface area contributed by atoms with Crippen LogP contribution in [-0.4, -0.2) is 38.6 Å². The Kier molecular flexibility index (Phi) is 5.44. The molecule has 1 fully saturated rings. The number of hydrogen-bond donors (Lipinski definition) is 4. The SMILES string of the molecule is Cn1cnc(-c2[nH]c3cc(NC(=O)[C@H](NCl)C4CCCCC4)cc4c3c2C=NNC4=O)c1. The number of hydrogen-bond acceptors (Lipinski definition) is 5. The van der Waals surface area contributed by atoms with Crippen molar-refractivity contribution in [1.29, 1.82) is 0 Å². The van der Waals surface area contributed by atoms with Crippen LogP contribution in [-0.2, 0) is 11.8 Å². The third-order valence-corrected chi connectivity index (χ3v) is 6.53. The minimum Gasteiger partial charge on any atom is -0.353 e.